The van der Waals surface area contributed by atoms with Gasteiger partial charge in [0.2, 0.25) is 0 Å². The second-order valence-electron chi connectivity index (χ2n) is 3.65. The van der Waals surface area contributed by atoms with Crippen molar-refractivity contribution in [3.8, 4) is 11.8 Å². The molecule has 0 fully saturated rings. The number of rotatable bonds is 2. The fourth-order valence-electron chi connectivity index (χ4n) is 1.72. The molecule has 0 saturated carbocycles. The van der Waals surface area contributed by atoms with E-state index >= 15 is 0 Å². The van der Waals surface area contributed by atoms with Gasteiger partial charge in [0.1, 0.15) is 12.4 Å². The molecule has 90 valence electrons. The molecule has 1 aromatic carbocycles. The summed E-state index contributed by atoms with van der Waals surface area (Å²) in [5.74, 6) is 0.232. The highest BCUT2D eigenvalue weighted by Gasteiger charge is 2.33. The van der Waals surface area contributed by atoms with Gasteiger partial charge in [0.15, 0.2) is 0 Å². The molecule has 17 heavy (non-hydrogen) atoms. The fraction of sp³-hybridized carbons (Fsp3) is 0.364. The quantitative estimate of drug-likeness (QED) is 0.809. The van der Waals surface area contributed by atoms with E-state index in [0.29, 0.717) is 5.56 Å². The lowest BCUT2D eigenvalue weighted by Crippen LogP contribution is -2.22. The van der Waals surface area contributed by atoms with Gasteiger partial charge in [-0.25, -0.2) is 0 Å². The molecule has 2 rings (SSSR count). The molecule has 1 N–H and O–H groups in total. The van der Waals surface area contributed by atoms with Crippen LogP contribution in [0.4, 0.5) is 13.2 Å². The average Bonchev–Trinajstić information content (AvgIpc) is 2.67. The van der Waals surface area contributed by atoms with E-state index in [2.05, 4.69) is 5.32 Å². The molecule has 6 heteroatoms. The number of nitriles is 1. The lowest BCUT2D eigenvalue weighted by Gasteiger charge is -2.10. The number of hydrogen-bond acceptors (Lipinski definition) is 3. The normalized spacial score (nSPS) is 18.4. The van der Waals surface area contributed by atoms with E-state index in [1.807, 2.05) is 6.07 Å². The Labute approximate surface area is 95.8 Å². The molecule has 0 spiro atoms. The van der Waals surface area contributed by atoms with Gasteiger partial charge in [0, 0.05) is 5.56 Å². The number of benzene rings is 1. The Hall–Kier alpha value is -1.74. The zero-order chi connectivity index (χ0) is 12.5. The number of halogens is 3. The molecule has 0 radical (unpaired) electrons. The van der Waals surface area contributed by atoms with Crippen molar-refractivity contribution in [1.29, 1.82) is 5.26 Å². The number of fused-ring (bicyclic) bond motifs is 1. The predicted octanol–water partition coefficient (Wildman–Crippen LogP) is 2.25. The summed E-state index contributed by atoms with van der Waals surface area (Å²) in [7, 11) is 0. The highest BCUT2D eigenvalue weighted by Crippen LogP contribution is 2.38. The summed E-state index contributed by atoms with van der Waals surface area (Å²) in [6, 6.07) is 5.10. The van der Waals surface area contributed by atoms with Crippen molar-refractivity contribution in [2.75, 3.05) is 13.2 Å². The Morgan fingerprint density at radius 1 is 1.47 bits per heavy atom. The molecule has 0 saturated heterocycles. The van der Waals surface area contributed by atoms with E-state index in [0.717, 1.165) is 12.1 Å². The summed E-state index contributed by atoms with van der Waals surface area (Å²) in [4.78, 5) is 0. The summed E-state index contributed by atoms with van der Waals surface area (Å²) in [6.45, 7) is 0.382. The van der Waals surface area contributed by atoms with Crippen LogP contribution in [0.2, 0.25) is 0 Å². The number of ether oxygens (including phenoxy) is 1. The third-order valence-corrected chi connectivity index (χ3v) is 2.55. The zero-order valence-corrected chi connectivity index (χ0v) is 8.71. The number of alkyl halides is 3. The fourth-order valence-corrected chi connectivity index (χ4v) is 1.72. The Morgan fingerprint density at radius 3 is 2.88 bits per heavy atom. The van der Waals surface area contributed by atoms with Crippen LogP contribution in [0.1, 0.15) is 17.2 Å². The van der Waals surface area contributed by atoms with E-state index < -0.39 is 11.7 Å². The lowest BCUT2D eigenvalue weighted by atomic mass is 10.1. The maximum Gasteiger partial charge on any atom is 0.416 e. The van der Waals surface area contributed by atoms with E-state index in [1.54, 1.807) is 0 Å². The van der Waals surface area contributed by atoms with Gasteiger partial charge in [0.05, 0.1) is 24.2 Å². The van der Waals surface area contributed by atoms with Crippen molar-refractivity contribution in [2.24, 2.45) is 0 Å². The van der Waals surface area contributed by atoms with E-state index in [1.165, 1.54) is 6.07 Å². The highest BCUT2D eigenvalue weighted by atomic mass is 19.4. The van der Waals surface area contributed by atoms with E-state index in [9.17, 15) is 13.2 Å². The van der Waals surface area contributed by atoms with Gasteiger partial charge in [-0.3, -0.25) is 5.32 Å². The van der Waals surface area contributed by atoms with Gasteiger partial charge >= 0.3 is 6.18 Å². The maximum atomic E-state index is 12.4. The Bertz CT molecular complexity index is 465. The average molecular weight is 242 g/mol. The van der Waals surface area contributed by atoms with Gasteiger partial charge in [-0.15, -0.1) is 0 Å². The van der Waals surface area contributed by atoms with Gasteiger partial charge in [0.25, 0.3) is 0 Å². The Kier molecular flexibility index (Phi) is 2.94. The van der Waals surface area contributed by atoms with Gasteiger partial charge in [-0.2, -0.15) is 18.4 Å². The molecule has 0 amide bonds. The van der Waals surface area contributed by atoms with E-state index in [4.69, 9.17) is 10.00 Å². The monoisotopic (exact) mass is 242 g/mol. The van der Waals surface area contributed by atoms with Gasteiger partial charge in [-0.05, 0) is 12.1 Å². The number of nitrogens with zero attached hydrogens (tertiary/aromatic N) is 1. The second-order valence-corrected chi connectivity index (χ2v) is 3.65. The highest BCUT2D eigenvalue weighted by molar-refractivity contribution is 5.43. The summed E-state index contributed by atoms with van der Waals surface area (Å²) in [5.41, 5.74) is -0.0644. The Balaban J connectivity index is 2.23. The molecule has 1 aromatic rings. The van der Waals surface area contributed by atoms with Crippen molar-refractivity contribution in [3.05, 3.63) is 29.3 Å². The SMILES string of the molecule is N#CCNC1COc2cc(C(F)(F)F)ccc21. The summed E-state index contributed by atoms with van der Waals surface area (Å²) >= 11 is 0. The van der Waals surface area contributed by atoms with Crippen LogP contribution in [0.3, 0.4) is 0 Å². The standard InChI is InChI=1S/C11H9F3N2O/c12-11(13,14)7-1-2-8-9(16-4-3-15)6-17-10(8)5-7/h1-2,5,9,16H,4,6H2. The minimum atomic E-state index is -4.36. The first kappa shape index (κ1) is 11.7. The third-order valence-electron chi connectivity index (χ3n) is 2.55. The molecule has 1 aliphatic rings. The molecule has 0 bridgehead atoms. The van der Waals surface area contributed by atoms with Crippen LogP contribution in [0, 0.1) is 11.3 Å². The first-order chi connectivity index (χ1) is 8.02. The van der Waals surface area contributed by atoms with Crippen LogP contribution in [-0.2, 0) is 6.18 Å². The Morgan fingerprint density at radius 2 is 2.24 bits per heavy atom. The summed E-state index contributed by atoms with van der Waals surface area (Å²) in [6.07, 6.45) is -4.36. The largest absolute Gasteiger partial charge is 0.491 e. The predicted molar refractivity (Wildman–Crippen MR) is 53.3 cm³/mol. The van der Waals surface area contributed by atoms with Crippen LogP contribution < -0.4 is 10.1 Å². The first-order valence-corrected chi connectivity index (χ1v) is 4.96. The minimum Gasteiger partial charge on any atom is -0.491 e. The van der Waals surface area contributed by atoms with Crippen LogP contribution in [-0.4, -0.2) is 13.2 Å². The summed E-state index contributed by atoms with van der Waals surface area (Å²) < 4.78 is 42.5. The molecule has 0 aromatic heterocycles. The molecule has 0 aliphatic carbocycles. The first-order valence-electron chi connectivity index (χ1n) is 4.96. The van der Waals surface area contributed by atoms with Gasteiger partial charge < -0.3 is 4.74 Å². The van der Waals surface area contributed by atoms with Crippen LogP contribution in [0.15, 0.2) is 18.2 Å². The summed E-state index contributed by atoms with van der Waals surface area (Å²) in [5, 5.41) is 11.3. The number of nitrogens with one attached hydrogen (secondary N) is 1. The van der Waals surface area contributed by atoms with Crippen molar-refractivity contribution in [3.63, 3.8) is 0 Å². The van der Waals surface area contributed by atoms with Crippen molar-refractivity contribution < 1.29 is 17.9 Å². The van der Waals surface area contributed by atoms with Crippen LogP contribution in [0.25, 0.3) is 0 Å². The molecular formula is C11H9F3N2O. The maximum absolute atomic E-state index is 12.4. The molecule has 3 nitrogen and oxygen atoms in total. The van der Waals surface area contributed by atoms with Crippen molar-refractivity contribution >= 4 is 0 Å². The van der Waals surface area contributed by atoms with Crippen molar-refractivity contribution in [1.82, 2.24) is 5.32 Å². The molecule has 1 heterocycles. The van der Waals surface area contributed by atoms with Crippen LogP contribution >= 0.6 is 0 Å². The molecule has 1 unspecified atom stereocenters. The smallest absolute Gasteiger partial charge is 0.416 e. The van der Waals surface area contributed by atoms with Crippen molar-refractivity contribution in [2.45, 2.75) is 12.2 Å². The number of hydrogen-bond donors (Lipinski definition) is 1. The lowest BCUT2D eigenvalue weighted by molar-refractivity contribution is -0.137. The minimum absolute atomic E-state index is 0.133. The second kappa shape index (κ2) is 4.26. The zero-order valence-electron chi connectivity index (χ0n) is 8.71. The molecule has 1 aliphatic heterocycles. The molecule has 1 atom stereocenters. The third kappa shape index (κ3) is 2.34. The van der Waals surface area contributed by atoms with E-state index in [-0.39, 0.29) is 24.9 Å². The topological polar surface area (TPSA) is 45.0 Å². The van der Waals surface area contributed by atoms with Gasteiger partial charge in [-0.1, -0.05) is 6.07 Å². The van der Waals surface area contributed by atoms with Crippen LogP contribution in [0.5, 0.6) is 5.75 Å². The molecular weight excluding hydrogens is 233 g/mol.